The number of nitrogens with zero attached hydrogens (tertiary/aromatic N) is 2. The summed E-state index contributed by atoms with van der Waals surface area (Å²) >= 11 is 0. The first-order chi connectivity index (χ1) is 13.7. The highest BCUT2D eigenvalue weighted by atomic mass is 32.2. The van der Waals surface area contributed by atoms with E-state index in [0.717, 1.165) is 18.4 Å². The average Bonchev–Trinajstić information content (AvgIpc) is 3.13. The molecule has 0 unspecified atom stereocenters. The second kappa shape index (κ2) is 6.62. The number of nitrogens with one attached hydrogen (secondary N) is 1. The lowest BCUT2D eigenvalue weighted by Gasteiger charge is -2.27. The Morgan fingerprint density at radius 3 is 2.45 bits per heavy atom. The van der Waals surface area contributed by atoms with Gasteiger partial charge in [-0.15, -0.1) is 0 Å². The SMILES string of the molecule is O=C1Nc2ccccc2S(=O)(=O)N1Cc1coc(-c2ccc(C(F)(F)F)cc2)n1. The fraction of sp³-hybridized carbons (Fsp3) is 0.111. The van der Waals surface area contributed by atoms with Crippen molar-refractivity contribution in [3.8, 4) is 11.5 Å². The fourth-order valence-corrected chi connectivity index (χ4v) is 4.27. The Morgan fingerprint density at radius 1 is 1.07 bits per heavy atom. The van der Waals surface area contributed by atoms with Crippen LogP contribution in [0.1, 0.15) is 11.3 Å². The van der Waals surface area contributed by atoms with Gasteiger partial charge in [-0.05, 0) is 36.4 Å². The number of oxazole rings is 1. The van der Waals surface area contributed by atoms with E-state index in [2.05, 4.69) is 10.3 Å². The zero-order valence-corrected chi connectivity index (χ0v) is 15.3. The Bertz CT molecular complexity index is 1190. The topological polar surface area (TPSA) is 92.5 Å². The minimum atomic E-state index is -4.47. The molecule has 4 rings (SSSR count). The van der Waals surface area contributed by atoms with Crippen LogP contribution in [0.5, 0.6) is 0 Å². The molecule has 11 heteroatoms. The molecular formula is C18H12F3N3O4S. The van der Waals surface area contributed by atoms with E-state index in [1.54, 1.807) is 6.07 Å². The highest BCUT2D eigenvalue weighted by molar-refractivity contribution is 7.90. The Balaban J connectivity index is 1.59. The summed E-state index contributed by atoms with van der Waals surface area (Å²) in [4.78, 5) is 16.3. The predicted octanol–water partition coefficient (Wildman–Crippen LogP) is 4.10. The number of benzene rings is 2. The number of rotatable bonds is 3. The maximum Gasteiger partial charge on any atom is 0.416 e. The first kappa shape index (κ1) is 19.0. The average molecular weight is 423 g/mol. The number of carbonyl (C=O) groups is 1. The van der Waals surface area contributed by atoms with Crippen LogP contribution in [0.4, 0.5) is 23.7 Å². The van der Waals surface area contributed by atoms with Crippen molar-refractivity contribution in [2.45, 2.75) is 17.6 Å². The number of fused-ring (bicyclic) bond motifs is 1. The fourth-order valence-electron chi connectivity index (χ4n) is 2.82. The maximum atomic E-state index is 12.7. The van der Waals surface area contributed by atoms with Gasteiger partial charge in [0.25, 0.3) is 10.0 Å². The van der Waals surface area contributed by atoms with E-state index in [1.165, 1.54) is 30.3 Å². The Kier molecular flexibility index (Phi) is 4.34. The number of hydrogen-bond acceptors (Lipinski definition) is 5. The number of alkyl halides is 3. The van der Waals surface area contributed by atoms with Crippen LogP contribution in [0, 0.1) is 0 Å². The number of urea groups is 1. The molecule has 0 aliphatic carbocycles. The minimum Gasteiger partial charge on any atom is -0.444 e. The van der Waals surface area contributed by atoms with Crippen molar-refractivity contribution in [2.75, 3.05) is 5.32 Å². The molecule has 0 atom stereocenters. The van der Waals surface area contributed by atoms with E-state index in [4.69, 9.17) is 4.42 Å². The van der Waals surface area contributed by atoms with E-state index in [0.29, 0.717) is 4.31 Å². The number of sulfonamides is 1. The highest BCUT2D eigenvalue weighted by Gasteiger charge is 2.37. The van der Waals surface area contributed by atoms with Gasteiger partial charge in [0, 0.05) is 5.56 Å². The van der Waals surface area contributed by atoms with Crippen LogP contribution in [0.25, 0.3) is 11.5 Å². The van der Waals surface area contributed by atoms with Crippen molar-refractivity contribution < 1.29 is 30.8 Å². The molecule has 1 N–H and O–H groups in total. The van der Waals surface area contributed by atoms with E-state index < -0.39 is 34.3 Å². The van der Waals surface area contributed by atoms with Gasteiger partial charge in [-0.3, -0.25) is 0 Å². The summed E-state index contributed by atoms with van der Waals surface area (Å²) in [7, 11) is -4.09. The third-order valence-corrected chi connectivity index (χ3v) is 6.03. The van der Waals surface area contributed by atoms with Crippen molar-refractivity contribution in [2.24, 2.45) is 0 Å². The van der Waals surface area contributed by atoms with Crippen LogP contribution in [0.2, 0.25) is 0 Å². The van der Waals surface area contributed by atoms with Crippen LogP contribution in [0.15, 0.2) is 64.1 Å². The molecule has 0 bridgehead atoms. The summed E-state index contributed by atoms with van der Waals surface area (Å²) in [5.41, 5.74) is -0.235. The zero-order valence-electron chi connectivity index (χ0n) is 14.5. The molecule has 0 saturated carbocycles. The normalized spacial score (nSPS) is 15.7. The second-order valence-corrected chi connectivity index (χ2v) is 7.99. The summed E-state index contributed by atoms with van der Waals surface area (Å²) in [5, 5.41) is 2.49. The summed E-state index contributed by atoms with van der Waals surface area (Å²) in [6.07, 6.45) is -3.32. The number of aromatic nitrogens is 1. The van der Waals surface area contributed by atoms with Gasteiger partial charge in [-0.2, -0.15) is 13.2 Å². The van der Waals surface area contributed by atoms with Crippen LogP contribution in [-0.4, -0.2) is 23.7 Å². The lowest BCUT2D eigenvalue weighted by atomic mass is 10.1. The van der Waals surface area contributed by atoms with Crippen LogP contribution in [0.3, 0.4) is 0 Å². The molecule has 0 radical (unpaired) electrons. The number of carbonyl (C=O) groups excluding carboxylic acids is 1. The quantitative estimate of drug-likeness (QED) is 0.685. The van der Waals surface area contributed by atoms with Crippen LogP contribution in [-0.2, 0) is 22.7 Å². The second-order valence-electron chi connectivity index (χ2n) is 6.16. The maximum absolute atomic E-state index is 12.7. The lowest BCUT2D eigenvalue weighted by Crippen LogP contribution is -2.43. The first-order valence-electron chi connectivity index (χ1n) is 8.21. The largest absolute Gasteiger partial charge is 0.444 e. The van der Waals surface area contributed by atoms with Crippen LogP contribution >= 0.6 is 0 Å². The molecule has 2 aromatic carbocycles. The van der Waals surface area contributed by atoms with Gasteiger partial charge in [-0.1, -0.05) is 12.1 Å². The van der Waals surface area contributed by atoms with E-state index in [1.807, 2.05) is 0 Å². The molecule has 0 fully saturated rings. The van der Waals surface area contributed by atoms with E-state index in [9.17, 15) is 26.4 Å². The Hall–Kier alpha value is -3.34. The predicted molar refractivity (Wildman–Crippen MR) is 95.1 cm³/mol. The van der Waals surface area contributed by atoms with Gasteiger partial charge in [0.1, 0.15) is 16.9 Å². The molecule has 3 aromatic rings. The van der Waals surface area contributed by atoms with Gasteiger partial charge >= 0.3 is 12.2 Å². The number of para-hydroxylation sites is 1. The van der Waals surface area contributed by atoms with Gasteiger partial charge in [0.05, 0.1) is 17.8 Å². The van der Waals surface area contributed by atoms with Crippen molar-refractivity contribution >= 4 is 21.7 Å². The van der Waals surface area contributed by atoms with Gasteiger partial charge < -0.3 is 9.73 Å². The van der Waals surface area contributed by atoms with Gasteiger partial charge in [0.2, 0.25) is 5.89 Å². The standard InChI is InChI=1S/C18H12F3N3O4S/c19-18(20,21)12-7-5-11(6-8-12)16-22-13(10-28-16)9-24-17(25)23-14-3-1-2-4-15(14)29(24,26)27/h1-8,10H,9H2,(H,23,25). The zero-order chi connectivity index (χ0) is 20.8. The monoisotopic (exact) mass is 423 g/mol. The van der Waals surface area contributed by atoms with Gasteiger partial charge in [-0.25, -0.2) is 22.5 Å². The smallest absolute Gasteiger partial charge is 0.416 e. The third-order valence-electron chi connectivity index (χ3n) is 4.24. The third kappa shape index (κ3) is 3.44. The summed E-state index contributed by atoms with van der Waals surface area (Å²) in [6.45, 7) is -0.396. The molecule has 1 aliphatic rings. The molecule has 1 aromatic heterocycles. The number of amides is 2. The Morgan fingerprint density at radius 2 is 1.76 bits per heavy atom. The number of hydrogen-bond donors (Lipinski definition) is 1. The Labute approximate surface area is 162 Å². The molecule has 1 aliphatic heterocycles. The molecule has 150 valence electrons. The lowest BCUT2D eigenvalue weighted by molar-refractivity contribution is -0.137. The molecular weight excluding hydrogens is 411 g/mol. The minimum absolute atomic E-state index is 0.00365. The molecule has 2 amide bonds. The number of anilines is 1. The summed E-state index contributed by atoms with van der Waals surface area (Å²) in [5.74, 6) is 0.00365. The summed E-state index contributed by atoms with van der Waals surface area (Å²) in [6, 6.07) is 9.29. The molecule has 0 saturated heterocycles. The van der Waals surface area contributed by atoms with E-state index >= 15 is 0 Å². The van der Waals surface area contributed by atoms with Crippen LogP contribution < -0.4 is 5.32 Å². The van der Waals surface area contributed by atoms with Crippen molar-refractivity contribution in [1.29, 1.82) is 0 Å². The van der Waals surface area contributed by atoms with Crippen molar-refractivity contribution in [3.63, 3.8) is 0 Å². The van der Waals surface area contributed by atoms with Crippen molar-refractivity contribution in [3.05, 3.63) is 66.1 Å². The molecule has 2 heterocycles. The first-order valence-corrected chi connectivity index (χ1v) is 9.65. The molecule has 7 nitrogen and oxygen atoms in total. The van der Waals surface area contributed by atoms with E-state index in [-0.39, 0.29) is 27.7 Å². The van der Waals surface area contributed by atoms with Gasteiger partial charge in [0.15, 0.2) is 0 Å². The molecule has 29 heavy (non-hydrogen) atoms. The number of halogens is 3. The van der Waals surface area contributed by atoms with Crippen molar-refractivity contribution in [1.82, 2.24) is 9.29 Å². The summed E-state index contributed by atoms with van der Waals surface area (Å²) < 4.78 is 69.3. The molecule has 0 spiro atoms. The highest BCUT2D eigenvalue weighted by Crippen LogP contribution is 2.32.